The minimum absolute atomic E-state index is 0.0127. The van der Waals surface area contributed by atoms with E-state index in [0.29, 0.717) is 0 Å². The van der Waals surface area contributed by atoms with Crippen LogP contribution < -0.4 is 5.32 Å². The molecule has 0 bridgehead atoms. The zero-order valence-corrected chi connectivity index (χ0v) is 7.01. The molecule has 0 aromatic rings. The molecule has 1 amide bonds. The van der Waals surface area contributed by atoms with Crippen molar-refractivity contribution in [3.05, 3.63) is 0 Å². The zero-order valence-electron chi connectivity index (χ0n) is 7.01. The summed E-state index contributed by atoms with van der Waals surface area (Å²) < 4.78 is 3.97. The molecule has 1 N–H and O–H groups in total. The van der Waals surface area contributed by atoms with Crippen LogP contribution in [-0.4, -0.2) is 18.6 Å². The Balaban J connectivity index is 0.000000218. The fourth-order valence-electron chi connectivity index (χ4n) is 0.320. The van der Waals surface area contributed by atoms with E-state index in [-0.39, 0.29) is 6.54 Å². The van der Waals surface area contributed by atoms with Crippen LogP contribution in [0.4, 0.5) is 4.79 Å². The lowest BCUT2D eigenvalue weighted by Crippen LogP contribution is -2.12. The third-order valence-corrected chi connectivity index (χ3v) is 0.584. The summed E-state index contributed by atoms with van der Waals surface area (Å²) in [6, 6.07) is 0. The molecule has 0 unspecified atom stereocenters. The smallest absolute Gasteiger partial charge is 0.375 e. The second-order valence-corrected chi connectivity index (χ2v) is 2.85. The van der Waals surface area contributed by atoms with Gasteiger partial charge in [-0.25, -0.2) is 9.59 Å². The Hall–Kier alpha value is -1.06. The van der Waals surface area contributed by atoms with Crippen LogP contribution >= 0.6 is 0 Å². The number of carbonyl (C=O) groups excluding carboxylic acids is 2. The molecule has 0 aliphatic carbocycles. The van der Waals surface area contributed by atoms with Crippen LogP contribution in [0.1, 0.15) is 20.8 Å². The van der Waals surface area contributed by atoms with Crippen LogP contribution in [0.15, 0.2) is 0 Å². The summed E-state index contributed by atoms with van der Waals surface area (Å²) in [6.07, 6.45) is -0.648. The van der Waals surface area contributed by atoms with Gasteiger partial charge in [-0.2, -0.15) is 0 Å². The van der Waals surface area contributed by atoms with Crippen molar-refractivity contribution in [1.29, 1.82) is 0 Å². The number of hydrogen-bond acceptors (Lipinski definition) is 3. The first-order chi connectivity index (χ1) is 5.02. The van der Waals surface area contributed by atoms with Gasteiger partial charge in [0.1, 0.15) is 6.54 Å². The van der Waals surface area contributed by atoms with Gasteiger partial charge in [-0.1, -0.05) is 20.8 Å². The first-order valence-corrected chi connectivity index (χ1v) is 3.51. The molecule has 0 spiro atoms. The average Bonchev–Trinajstić information content (AvgIpc) is 2.13. The van der Waals surface area contributed by atoms with E-state index in [1.54, 1.807) is 0 Å². The van der Waals surface area contributed by atoms with Gasteiger partial charge in [0.15, 0.2) is 0 Å². The molecule has 1 aliphatic rings. The van der Waals surface area contributed by atoms with Gasteiger partial charge in [-0.3, -0.25) is 0 Å². The Labute approximate surface area is 65.9 Å². The van der Waals surface area contributed by atoms with E-state index in [0.717, 1.165) is 5.92 Å². The number of ether oxygens (including phenoxy) is 1. The normalized spacial score (nSPS) is 15.3. The molecule has 1 fully saturated rings. The maximum Gasteiger partial charge on any atom is 0.415 e. The minimum atomic E-state index is -0.648. The van der Waals surface area contributed by atoms with E-state index >= 15 is 0 Å². The lowest BCUT2D eigenvalue weighted by atomic mass is 10.3. The molecular formula is C7H13NO3. The third-order valence-electron chi connectivity index (χ3n) is 0.584. The molecular weight excluding hydrogens is 146 g/mol. The Bertz CT molecular complexity index is 137. The van der Waals surface area contributed by atoms with Crippen molar-refractivity contribution in [2.75, 3.05) is 6.54 Å². The maximum absolute atomic E-state index is 9.95. The van der Waals surface area contributed by atoms with Gasteiger partial charge in [0.2, 0.25) is 0 Å². The van der Waals surface area contributed by atoms with Crippen molar-refractivity contribution in [3.63, 3.8) is 0 Å². The van der Waals surface area contributed by atoms with Gasteiger partial charge in [-0.05, 0) is 5.92 Å². The van der Waals surface area contributed by atoms with E-state index in [1.165, 1.54) is 0 Å². The summed E-state index contributed by atoms with van der Waals surface area (Å²) in [5.74, 6) is 0.324. The molecule has 0 saturated carbocycles. The molecule has 1 aliphatic heterocycles. The summed E-state index contributed by atoms with van der Waals surface area (Å²) in [6.45, 7) is 6.51. The van der Waals surface area contributed by atoms with Crippen LogP contribution in [-0.2, 0) is 9.53 Å². The monoisotopic (exact) mass is 159 g/mol. The SMILES string of the molecule is CC(C)C.O=C1CNC(=O)O1. The molecule has 4 heteroatoms. The first-order valence-electron chi connectivity index (χ1n) is 3.51. The number of carbonyl (C=O) groups is 2. The number of nitrogens with one attached hydrogen (secondary N) is 1. The third kappa shape index (κ3) is 6.83. The molecule has 1 saturated heterocycles. The van der Waals surface area contributed by atoms with Crippen LogP contribution in [0.25, 0.3) is 0 Å². The Kier molecular flexibility index (Phi) is 4.26. The van der Waals surface area contributed by atoms with Crippen molar-refractivity contribution in [2.45, 2.75) is 20.8 Å². The highest BCUT2D eigenvalue weighted by molar-refractivity contribution is 5.92. The standard InChI is InChI=1S/C4H10.C3H3NO3/c1-4(2)3;5-2-1-4-3(6)7-2/h4H,1-3H3;1H2,(H,4,6). The predicted octanol–water partition coefficient (Wildman–Crippen LogP) is 0.915. The van der Waals surface area contributed by atoms with Gasteiger partial charge >= 0.3 is 12.1 Å². The summed E-state index contributed by atoms with van der Waals surface area (Å²) in [4.78, 5) is 19.8. The fourth-order valence-corrected chi connectivity index (χ4v) is 0.320. The molecule has 0 atom stereocenters. The highest BCUT2D eigenvalue weighted by Crippen LogP contribution is 1.85. The largest absolute Gasteiger partial charge is 0.415 e. The lowest BCUT2D eigenvalue weighted by molar-refractivity contribution is -0.132. The van der Waals surface area contributed by atoms with Gasteiger partial charge in [0.25, 0.3) is 0 Å². The van der Waals surface area contributed by atoms with Crippen molar-refractivity contribution in [1.82, 2.24) is 5.32 Å². The van der Waals surface area contributed by atoms with Gasteiger partial charge < -0.3 is 10.1 Å². The summed E-state index contributed by atoms with van der Waals surface area (Å²) in [5, 5.41) is 2.16. The van der Waals surface area contributed by atoms with Crippen molar-refractivity contribution >= 4 is 12.1 Å². The minimum Gasteiger partial charge on any atom is -0.375 e. The van der Waals surface area contributed by atoms with E-state index in [9.17, 15) is 9.59 Å². The van der Waals surface area contributed by atoms with Crippen molar-refractivity contribution in [3.8, 4) is 0 Å². The summed E-state index contributed by atoms with van der Waals surface area (Å²) >= 11 is 0. The molecule has 1 heterocycles. The molecule has 64 valence electrons. The van der Waals surface area contributed by atoms with Crippen molar-refractivity contribution < 1.29 is 14.3 Å². The molecule has 11 heavy (non-hydrogen) atoms. The lowest BCUT2D eigenvalue weighted by Gasteiger charge is -1.79. The maximum atomic E-state index is 9.95. The second kappa shape index (κ2) is 4.71. The molecule has 0 radical (unpaired) electrons. The van der Waals surface area contributed by atoms with E-state index in [2.05, 4.69) is 30.8 Å². The van der Waals surface area contributed by atoms with E-state index in [1.807, 2.05) is 0 Å². The summed E-state index contributed by atoms with van der Waals surface area (Å²) in [5.41, 5.74) is 0. The number of cyclic esters (lactones) is 2. The van der Waals surface area contributed by atoms with Crippen LogP contribution in [0.2, 0.25) is 0 Å². The highest BCUT2D eigenvalue weighted by Gasteiger charge is 2.17. The highest BCUT2D eigenvalue weighted by atomic mass is 16.6. The topological polar surface area (TPSA) is 55.4 Å². The summed E-state index contributed by atoms with van der Waals surface area (Å²) in [7, 11) is 0. The van der Waals surface area contributed by atoms with Crippen LogP contribution in [0.3, 0.4) is 0 Å². The fraction of sp³-hybridized carbons (Fsp3) is 0.714. The number of rotatable bonds is 0. The quantitative estimate of drug-likeness (QED) is 0.422. The Morgan fingerprint density at radius 3 is 1.91 bits per heavy atom. The van der Waals surface area contributed by atoms with Crippen LogP contribution in [0.5, 0.6) is 0 Å². The molecule has 0 aromatic carbocycles. The average molecular weight is 159 g/mol. The van der Waals surface area contributed by atoms with Gasteiger partial charge in [-0.15, -0.1) is 0 Å². The first kappa shape index (κ1) is 9.94. The van der Waals surface area contributed by atoms with E-state index in [4.69, 9.17) is 0 Å². The molecule has 4 nitrogen and oxygen atoms in total. The second-order valence-electron chi connectivity index (χ2n) is 2.85. The predicted molar refractivity (Wildman–Crippen MR) is 40.0 cm³/mol. The molecule has 1 rings (SSSR count). The number of hydrogen-bond donors (Lipinski definition) is 1. The van der Waals surface area contributed by atoms with E-state index < -0.39 is 12.1 Å². The van der Waals surface area contributed by atoms with Gasteiger partial charge in [0.05, 0.1) is 0 Å². The Morgan fingerprint density at radius 1 is 1.36 bits per heavy atom. The Morgan fingerprint density at radius 2 is 1.82 bits per heavy atom. The number of amides is 1. The van der Waals surface area contributed by atoms with Crippen molar-refractivity contribution in [2.24, 2.45) is 5.92 Å². The van der Waals surface area contributed by atoms with Crippen LogP contribution in [0, 0.1) is 5.92 Å². The molecule has 0 aromatic heterocycles. The number of esters is 1. The zero-order chi connectivity index (χ0) is 8.85. The van der Waals surface area contributed by atoms with Gasteiger partial charge in [0, 0.05) is 0 Å². The number of alkyl carbamates (subject to hydrolysis) is 1.